The second-order valence-corrected chi connectivity index (χ2v) is 5.22. The molecule has 1 heterocycles. The van der Waals surface area contributed by atoms with Crippen molar-refractivity contribution in [3.63, 3.8) is 0 Å². The largest absolute Gasteiger partial charge is 0.467 e. The minimum Gasteiger partial charge on any atom is -0.467 e. The molecule has 0 saturated carbocycles. The Morgan fingerprint density at radius 2 is 2.05 bits per heavy atom. The molecule has 2 aromatic rings. The molecule has 0 atom stereocenters. The first-order chi connectivity index (χ1) is 9.58. The molecule has 1 N–H and O–H groups in total. The van der Waals surface area contributed by atoms with Crippen LogP contribution in [0.1, 0.15) is 25.2 Å². The Bertz CT molecular complexity index is 537. The standard InChI is InChI=1S/C16H21FN2O/c1-12(2)18-10-13-6-4-8-15(17)16(13)19(3)11-14-7-5-9-20-14/h4-9,12,18H,10-11H2,1-3H3. The molecule has 0 fully saturated rings. The van der Waals surface area contributed by atoms with E-state index in [4.69, 9.17) is 4.42 Å². The zero-order valence-electron chi connectivity index (χ0n) is 12.2. The molecule has 20 heavy (non-hydrogen) atoms. The Balaban J connectivity index is 2.19. The van der Waals surface area contributed by atoms with Gasteiger partial charge in [-0.1, -0.05) is 26.0 Å². The van der Waals surface area contributed by atoms with Crippen LogP contribution in [0.25, 0.3) is 0 Å². The summed E-state index contributed by atoms with van der Waals surface area (Å²) < 4.78 is 19.5. The van der Waals surface area contributed by atoms with Crippen LogP contribution in [0.2, 0.25) is 0 Å². The van der Waals surface area contributed by atoms with E-state index in [1.165, 1.54) is 6.07 Å². The van der Waals surface area contributed by atoms with Crippen molar-refractivity contribution >= 4 is 5.69 Å². The number of halogens is 1. The van der Waals surface area contributed by atoms with E-state index in [0.717, 1.165) is 11.3 Å². The first-order valence-corrected chi connectivity index (χ1v) is 6.82. The number of rotatable bonds is 6. The van der Waals surface area contributed by atoms with Gasteiger partial charge >= 0.3 is 0 Å². The van der Waals surface area contributed by atoms with Gasteiger partial charge in [0.2, 0.25) is 0 Å². The Hall–Kier alpha value is -1.81. The van der Waals surface area contributed by atoms with E-state index in [1.807, 2.05) is 30.1 Å². The second-order valence-electron chi connectivity index (χ2n) is 5.22. The van der Waals surface area contributed by atoms with Gasteiger partial charge in [0, 0.05) is 19.6 Å². The zero-order chi connectivity index (χ0) is 14.5. The van der Waals surface area contributed by atoms with E-state index in [1.54, 1.807) is 12.3 Å². The van der Waals surface area contributed by atoms with Crippen LogP contribution in [0, 0.1) is 5.82 Å². The number of para-hydroxylation sites is 1. The lowest BCUT2D eigenvalue weighted by atomic mass is 10.1. The summed E-state index contributed by atoms with van der Waals surface area (Å²) in [4.78, 5) is 1.88. The van der Waals surface area contributed by atoms with Gasteiger partial charge in [-0.2, -0.15) is 0 Å². The molecule has 108 valence electrons. The fraction of sp³-hybridized carbons (Fsp3) is 0.375. The number of nitrogens with zero attached hydrogens (tertiary/aromatic N) is 1. The average molecular weight is 276 g/mol. The van der Waals surface area contributed by atoms with Gasteiger partial charge in [-0.15, -0.1) is 0 Å². The van der Waals surface area contributed by atoms with Gasteiger partial charge in [0.15, 0.2) is 0 Å². The van der Waals surface area contributed by atoms with Crippen molar-refractivity contribution in [2.24, 2.45) is 0 Å². The molecule has 2 rings (SSSR count). The van der Waals surface area contributed by atoms with Gasteiger partial charge < -0.3 is 14.6 Å². The molecule has 1 aromatic carbocycles. The maximum atomic E-state index is 14.2. The third kappa shape index (κ3) is 3.61. The number of nitrogens with one attached hydrogen (secondary N) is 1. The van der Waals surface area contributed by atoms with E-state index in [2.05, 4.69) is 19.2 Å². The van der Waals surface area contributed by atoms with Gasteiger partial charge in [0.05, 0.1) is 18.5 Å². The molecule has 1 aromatic heterocycles. The monoisotopic (exact) mass is 276 g/mol. The third-order valence-corrected chi connectivity index (χ3v) is 3.13. The molecule has 0 unspecified atom stereocenters. The highest BCUT2D eigenvalue weighted by Crippen LogP contribution is 2.25. The smallest absolute Gasteiger partial charge is 0.146 e. The minimum atomic E-state index is -0.206. The molecule has 0 radical (unpaired) electrons. The topological polar surface area (TPSA) is 28.4 Å². The molecule has 0 spiro atoms. The lowest BCUT2D eigenvalue weighted by molar-refractivity contribution is 0.504. The number of benzene rings is 1. The maximum absolute atomic E-state index is 14.2. The summed E-state index contributed by atoms with van der Waals surface area (Å²) in [6, 6.07) is 9.28. The highest BCUT2D eigenvalue weighted by Gasteiger charge is 2.14. The molecular weight excluding hydrogens is 255 g/mol. The zero-order valence-corrected chi connectivity index (χ0v) is 12.2. The molecular formula is C16H21FN2O. The SMILES string of the molecule is CC(C)NCc1cccc(F)c1N(C)Cc1ccco1. The van der Waals surface area contributed by atoms with Crippen LogP contribution in [0.5, 0.6) is 0 Å². The number of anilines is 1. The average Bonchev–Trinajstić information content (AvgIpc) is 2.88. The molecule has 0 aliphatic heterocycles. The van der Waals surface area contributed by atoms with Gasteiger partial charge in [-0.3, -0.25) is 0 Å². The van der Waals surface area contributed by atoms with Gasteiger partial charge in [-0.05, 0) is 23.8 Å². The summed E-state index contributed by atoms with van der Waals surface area (Å²) in [5, 5.41) is 3.33. The highest BCUT2D eigenvalue weighted by atomic mass is 19.1. The molecule has 0 aliphatic carbocycles. The van der Waals surface area contributed by atoms with Gasteiger partial charge in [-0.25, -0.2) is 4.39 Å². The first-order valence-electron chi connectivity index (χ1n) is 6.82. The fourth-order valence-electron chi connectivity index (χ4n) is 2.16. The minimum absolute atomic E-state index is 0.206. The summed E-state index contributed by atoms with van der Waals surface area (Å²) in [6.45, 7) is 5.34. The fourth-order valence-corrected chi connectivity index (χ4v) is 2.16. The molecule has 0 saturated heterocycles. The summed E-state index contributed by atoms with van der Waals surface area (Å²) in [6.07, 6.45) is 1.63. The summed E-state index contributed by atoms with van der Waals surface area (Å²) in [5.74, 6) is 0.612. The molecule has 0 amide bonds. The van der Waals surface area contributed by atoms with Crippen molar-refractivity contribution in [1.82, 2.24) is 5.32 Å². The second kappa shape index (κ2) is 6.57. The van der Waals surface area contributed by atoms with Crippen molar-refractivity contribution in [3.8, 4) is 0 Å². The number of hydrogen-bond donors (Lipinski definition) is 1. The summed E-state index contributed by atoms with van der Waals surface area (Å²) in [7, 11) is 1.87. The normalized spacial score (nSPS) is 11.1. The van der Waals surface area contributed by atoms with Crippen LogP contribution in [-0.4, -0.2) is 13.1 Å². The van der Waals surface area contributed by atoms with Gasteiger partial charge in [0.1, 0.15) is 11.6 Å². The van der Waals surface area contributed by atoms with Crippen LogP contribution in [-0.2, 0) is 13.1 Å². The van der Waals surface area contributed by atoms with Crippen molar-refractivity contribution in [2.75, 3.05) is 11.9 Å². The Morgan fingerprint density at radius 1 is 1.25 bits per heavy atom. The van der Waals surface area contributed by atoms with Crippen molar-refractivity contribution < 1.29 is 8.81 Å². The van der Waals surface area contributed by atoms with Crippen LogP contribution < -0.4 is 10.2 Å². The van der Waals surface area contributed by atoms with Crippen LogP contribution in [0.3, 0.4) is 0 Å². The lowest BCUT2D eigenvalue weighted by Gasteiger charge is -2.23. The highest BCUT2D eigenvalue weighted by molar-refractivity contribution is 5.54. The quantitative estimate of drug-likeness (QED) is 0.874. The van der Waals surface area contributed by atoms with Crippen molar-refractivity contribution in [3.05, 3.63) is 53.7 Å². The van der Waals surface area contributed by atoms with E-state index in [9.17, 15) is 4.39 Å². The van der Waals surface area contributed by atoms with E-state index in [0.29, 0.717) is 24.8 Å². The summed E-state index contributed by atoms with van der Waals surface area (Å²) in [5.41, 5.74) is 1.57. The number of hydrogen-bond acceptors (Lipinski definition) is 3. The maximum Gasteiger partial charge on any atom is 0.146 e. The van der Waals surface area contributed by atoms with E-state index < -0.39 is 0 Å². The van der Waals surface area contributed by atoms with E-state index >= 15 is 0 Å². The first kappa shape index (κ1) is 14.6. The van der Waals surface area contributed by atoms with E-state index in [-0.39, 0.29) is 5.82 Å². The van der Waals surface area contributed by atoms with Crippen LogP contribution in [0.15, 0.2) is 41.0 Å². The molecule has 3 nitrogen and oxygen atoms in total. The Labute approximate surface area is 119 Å². The Morgan fingerprint density at radius 3 is 2.70 bits per heavy atom. The molecule has 4 heteroatoms. The predicted molar refractivity (Wildman–Crippen MR) is 79.2 cm³/mol. The number of furan rings is 1. The van der Waals surface area contributed by atoms with Crippen molar-refractivity contribution in [1.29, 1.82) is 0 Å². The van der Waals surface area contributed by atoms with Gasteiger partial charge in [0.25, 0.3) is 0 Å². The Kier molecular flexibility index (Phi) is 4.79. The third-order valence-electron chi connectivity index (χ3n) is 3.13. The predicted octanol–water partition coefficient (Wildman–Crippen LogP) is 3.55. The lowest BCUT2D eigenvalue weighted by Crippen LogP contribution is -2.25. The summed E-state index contributed by atoms with van der Waals surface area (Å²) >= 11 is 0. The molecule has 0 bridgehead atoms. The van der Waals surface area contributed by atoms with Crippen molar-refractivity contribution in [2.45, 2.75) is 33.0 Å². The van der Waals surface area contributed by atoms with Crippen LogP contribution >= 0.6 is 0 Å². The molecule has 0 aliphatic rings. The van der Waals surface area contributed by atoms with Crippen LogP contribution in [0.4, 0.5) is 10.1 Å².